The fraction of sp³-hybridized carbons (Fsp3) is 0.538. The summed E-state index contributed by atoms with van der Waals surface area (Å²) in [6.45, 7) is 3.09. The van der Waals surface area contributed by atoms with Crippen molar-refractivity contribution < 1.29 is 8.78 Å². The average molecular weight is 240 g/mol. The lowest BCUT2D eigenvalue weighted by Crippen LogP contribution is -2.29. The van der Waals surface area contributed by atoms with Gasteiger partial charge in [0.1, 0.15) is 11.6 Å². The average Bonchev–Trinajstić information content (AvgIpc) is 2.75. The number of halogens is 2. The first kappa shape index (κ1) is 12.3. The van der Waals surface area contributed by atoms with Crippen LogP contribution in [0.3, 0.4) is 0 Å². The molecule has 2 unspecified atom stereocenters. The monoisotopic (exact) mass is 240 g/mol. The van der Waals surface area contributed by atoms with Gasteiger partial charge in [-0.05, 0) is 44.9 Å². The highest BCUT2D eigenvalue weighted by atomic mass is 19.1. The van der Waals surface area contributed by atoms with Crippen molar-refractivity contribution in [3.8, 4) is 0 Å². The van der Waals surface area contributed by atoms with Crippen molar-refractivity contribution in [3.05, 3.63) is 29.8 Å². The van der Waals surface area contributed by atoms with Gasteiger partial charge >= 0.3 is 0 Å². The molecule has 1 aromatic carbocycles. The van der Waals surface area contributed by atoms with Gasteiger partial charge in [-0.3, -0.25) is 0 Å². The van der Waals surface area contributed by atoms with Gasteiger partial charge in [0.25, 0.3) is 0 Å². The summed E-state index contributed by atoms with van der Waals surface area (Å²) in [6.07, 6.45) is 3.34. The standard InChI is InChI=1S/C13H18F2N2/c1-9(7-11-3-2-6-16-11)17-13-5-4-10(14)8-12(13)15/h4-5,8-9,11,16-17H,2-3,6-7H2,1H3. The topological polar surface area (TPSA) is 24.1 Å². The third-order valence-electron chi connectivity index (χ3n) is 3.13. The molecule has 17 heavy (non-hydrogen) atoms. The lowest BCUT2D eigenvalue weighted by atomic mass is 10.1. The Bertz CT molecular complexity index is 376. The molecular weight excluding hydrogens is 222 g/mol. The van der Waals surface area contributed by atoms with Crippen LogP contribution in [0.4, 0.5) is 14.5 Å². The Kier molecular flexibility index (Phi) is 3.94. The number of anilines is 1. The maximum absolute atomic E-state index is 13.4. The largest absolute Gasteiger partial charge is 0.380 e. The van der Waals surface area contributed by atoms with Crippen molar-refractivity contribution in [1.29, 1.82) is 0 Å². The van der Waals surface area contributed by atoms with Gasteiger partial charge in [-0.2, -0.15) is 0 Å². The van der Waals surface area contributed by atoms with E-state index in [0.29, 0.717) is 11.7 Å². The molecule has 1 saturated heterocycles. The minimum Gasteiger partial charge on any atom is -0.380 e. The van der Waals surface area contributed by atoms with E-state index in [-0.39, 0.29) is 6.04 Å². The summed E-state index contributed by atoms with van der Waals surface area (Å²) in [5.74, 6) is -1.07. The fourth-order valence-corrected chi connectivity index (χ4v) is 2.32. The van der Waals surface area contributed by atoms with E-state index in [2.05, 4.69) is 10.6 Å². The zero-order valence-corrected chi connectivity index (χ0v) is 9.97. The van der Waals surface area contributed by atoms with Crippen LogP contribution < -0.4 is 10.6 Å². The second-order valence-electron chi connectivity index (χ2n) is 4.70. The van der Waals surface area contributed by atoms with Crippen molar-refractivity contribution in [2.75, 3.05) is 11.9 Å². The van der Waals surface area contributed by atoms with Crippen LogP contribution in [0.2, 0.25) is 0 Å². The summed E-state index contributed by atoms with van der Waals surface area (Å²) < 4.78 is 26.1. The highest BCUT2D eigenvalue weighted by molar-refractivity contribution is 5.45. The molecule has 1 aliphatic heterocycles. The molecule has 0 amide bonds. The Balaban J connectivity index is 1.90. The zero-order valence-electron chi connectivity index (χ0n) is 9.97. The van der Waals surface area contributed by atoms with Gasteiger partial charge in [0.15, 0.2) is 0 Å². The van der Waals surface area contributed by atoms with E-state index in [1.54, 1.807) is 0 Å². The molecular formula is C13H18F2N2. The molecule has 1 fully saturated rings. The maximum Gasteiger partial charge on any atom is 0.149 e. The Morgan fingerprint density at radius 2 is 2.29 bits per heavy atom. The third kappa shape index (κ3) is 3.40. The molecule has 0 saturated carbocycles. The molecule has 0 radical (unpaired) electrons. The summed E-state index contributed by atoms with van der Waals surface area (Å²) in [6, 6.07) is 4.31. The summed E-state index contributed by atoms with van der Waals surface area (Å²) in [7, 11) is 0. The minimum absolute atomic E-state index is 0.172. The van der Waals surface area contributed by atoms with Gasteiger partial charge < -0.3 is 10.6 Å². The lowest BCUT2D eigenvalue weighted by Gasteiger charge is -2.19. The predicted octanol–water partition coefficient (Wildman–Crippen LogP) is 2.91. The predicted molar refractivity (Wildman–Crippen MR) is 65.1 cm³/mol. The van der Waals surface area contributed by atoms with Gasteiger partial charge in [-0.1, -0.05) is 0 Å². The van der Waals surface area contributed by atoms with Gasteiger partial charge in [-0.15, -0.1) is 0 Å². The smallest absolute Gasteiger partial charge is 0.149 e. The Labute approximate surface area is 100 Å². The van der Waals surface area contributed by atoms with Crippen LogP contribution >= 0.6 is 0 Å². The summed E-state index contributed by atoms with van der Waals surface area (Å²) in [5.41, 5.74) is 0.372. The molecule has 2 N–H and O–H groups in total. The maximum atomic E-state index is 13.4. The van der Waals surface area contributed by atoms with E-state index in [0.717, 1.165) is 19.0 Å². The first-order valence-corrected chi connectivity index (χ1v) is 6.10. The van der Waals surface area contributed by atoms with E-state index in [1.165, 1.54) is 25.0 Å². The summed E-state index contributed by atoms with van der Waals surface area (Å²) >= 11 is 0. The second kappa shape index (κ2) is 5.45. The molecule has 4 heteroatoms. The van der Waals surface area contributed by atoms with E-state index < -0.39 is 11.6 Å². The van der Waals surface area contributed by atoms with E-state index in [9.17, 15) is 8.78 Å². The quantitative estimate of drug-likeness (QED) is 0.845. The van der Waals surface area contributed by atoms with Crippen molar-refractivity contribution in [2.45, 2.75) is 38.3 Å². The highest BCUT2D eigenvalue weighted by Crippen LogP contribution is 2.18. The van der Waals surface area contributed by atoms with Gasteiger partial charge in [0.2, 0.25) is 0 Å². The highest BCUT2D eigenvalue weighted by Gasteiger charge is 2.17. The molecule has 1 aromatic rings. The van der Waals surface area contributed by atoms with Crippen molar-refractivity contribution in [3.63, 3.8) is 0 Å². The van der Waals surface area contributed by atoms with Gasteiger partial charge in [-0.25, -0.2) is 8.78 Å². The van der Waals surface area contributed by atoms with Gasteiger partial charge in [0, 0.05) is 18.2 Å². The molecule has 2 rings (SSSR count). The van der Waals surface area contributed by atoms with Crippen LogP contribution in [0.1, 0.15) is 26.2 Å². The molecule has 0 spiro atoms. The summed E-state index contributed by atoms with van der Waals surface area (Å²) in [5, 5.41) is 6.49. The Morgan fingerprint density at radius 3 is 2.94 bits per heavy atom. The third-order valence-corrected chi connectivity index (χ3v) is 3.13. The Hall–Kier alpha value is -1.16. The molecule has 0 bridgehead atoms. The second-order valence-corrected chi connectivity index (χ2v) is 4.70. The first-order valence-electron chi connectivity index (χ1n) is 6.10. The van der Waals surface area contributed by atoms with Gasteiger partial charge in [0.05, 0.1) is 5.69 Å². The number of benzene rings is 1. The van der Waals surface area contributed by atoms with E-state index in [1.807, 2.05) is 6.92 Å². The summed E-state index contributed by atoms with van der Waals surface area (Å²) in [4.78, 5) is 0. The molecule has 2 nitrogen and oxygen atoms in total. The van der Waals surface area contributed by atoms with Crippen LogP contribution in [0.15, 0.2) is 18.2 Å². The number of hydrogen-bond acceptors (Lipinski definition) is 2. The van der Waals surface area contributed by atoms with E-state index in [4.69, 9.17) is 0 Å². The molecule has 94 valence electrons. The van der Waals surface area contributed by atoms with Crippen LogP contribution in [-0.4, -0.2) is 18.6 Å². The van der Waals surface area contributed by atoms with Crippen molar-refractivity contribution in [1.82, 2.24) is 5.32 Å². The van der Waals surface area contributed by atoms with E-state index >= 15 is 0 Å². The first-order chi connectivity index (χ1) is 8.15. The van der Waals surface area contributed by atoms with Crippen molar-refractivity contribution >= 4 is 5.69 Å². The van der Waals surface area contributed by atoms with Crippen molar-refractivity contribution in [2.24, 2.45) is 0 Å². The van der Waals surface area contributed by atoms with Crippen LogP contribution in [-0.2, 0) is 0 Å². The molecule has 2 atom stereocenters. The van der Waals surface area contributed by atoms with Crippen LogP contribution in [0, 0.1) is 11.6 Å². The molecule has 0 aliphatic carbocycles. The molecule has 1 heterocycles. The SMILES string of the molecule is CC(CC1CCCN1)Nc1ccc(F)cc1F. The normalized spacial score (nSPS) is 21.5. The number of rotatable bonds is 4. The molecule has 0 aromatic heterocycles. The van der Waals surface area contributed by atoms with Crippen LogP contribution in [0.25, 0.3) is 0 Å². The Morgan fingerprint density at radius 1 is 1.47 bits per heavy atom. The zero-order chi connectivity index (χ0) is 12.3. The van der Waals surface area contributed by atoms with Crippen LogP contribution in [0.5, 0.6) is 0 Å². The fourth-order valence-electron chi connectivity index (χ4n) is 2.32. The molecule has 1 aliphatic rings. The lowest BCUT2D eigenvalue weighted by molar-refractivity contribution is 0.520. The number of nitrogens with one attached hydrogen (secondary N) is 2. The minimum atomic E-state index is -0.543. The number of hydrogen-bond donors (Lipinski definition) is 2.